The Hall–Kier alpha value is -2.39. The van der Waals surface area contributed by atoms with Crippen LogP contribution in [-0.4, -0.2) is 40.8 Å². The highest BCUT2D eigenvalue weighted by atomic mass is 127. The highest BCUT2D eigenvalue weighted by Crippen LogP contribution is 2.27. The number of halogens is 1. The first-order valence-corrected chi connectivity index (χ1v) is 12.7. The van der Waals surface area contributed by atoms with Crippen LogP contribution in [0.15, 0.2) is 94.8 Å². The van der Waals surface area contributed by atoms with Crippen LogP contribution < -0.4 is 10.6 Å². The van der Waals surface area contributed by atoms with E-state index in [0.717, 1.165) is 30.9 Å². The van der Waals surface area contributed by atoms with Crippen molar-refractivity contribution >= 4 is 39.8 Å². The van der Waals surface area contributed by atoms with Crippen LogP contribution in [0.5, 0.6) is 0 Å². The number of aliphatic imine (C=N–C) groups is 1. The van der Waals surface area contributed by atoms with Gasteiger partial charge in [-0.05, 0) is 41.7 Å². The molecule has 0 saturated carbocycles. The van der Waals surface area contributed by atoms with Crippen LogP contribution in [0.4, 0.5) is 0 Å². The van der Waals surface area contributed by atoms with Gasteiger partial charge in [0.15, 0.2) is 15.8 Å². The fourth-order valence-corrected chi connectivity index (χ4v) is 4.31. The van der Waals surface area contributed by atoms with Crippen molar-refractivity contribution in [2.24, 2.45) is 4.99 Å². The smallest absolute Gasteiger partial charge is 0.190 e. The Bertz CT molecular complexity index is 1060. The van der Waals surface area contributed by atoms with E-state index in [4.69, 9.17) is 0 Å². The Balaban J connectivity index is 0.00000385. The van der Waals surface area contributed by atoms with Crippen molar-refractivity contribution in [3.8, 4) is 0 Å². The average molecular weight is 578 g/mol. The monoisotopic (exact) mass is 577 g/mol. The standard InChI is InChI=1S/C26H31N3O2S.HI/c1-27-26(28-19-17-21-13-15-24(16-14-21)32(2,30)31)29-20-18-25(22-9-5-3-6-10-22)23-11-7-4-8-12-23;/h3-16,25H,17-20H2,1-2H3,(H2,27,28,29);1H. The molecule has 0 amide bonds. The molecule has 3 aromatic rings. The summed E-state index contributed by atoms with van der Waals surface area (Å²) >= 11 is 0. The van der Waals surface area contributed by atoms with Crippen LogP contribution >= 0.6 is 24.0 Å². The summed E-state index contributed by atoms with van der Waals surface area (Å²) in [6.45, 7) is 1.50. The lowest BCUT2D eigenvalue weighted by Crippen LogP contribution is -2.39. The highest BCUT2D eigenvalue weighted by molar-refractivity contribution is 14.0. The predicted octanol–water partition coefficient (Wildman–Crippen LogP) is 4.64. The number of hydrogen-bond donors (Lipinski definition) is 2. The van der Waals surface area contributed by atoms with E-state index in [1.807, 2.05) is 24.3 Å². The second-order valence-corrected chi connectivity index (χ2v) is 9.77. The number of hydrogen-bond acceptors (Lipinski definition) is 3. The van der Waals surface area contributed by atoms with E-state index < -0.39 is 9.84 Å². The molecule has 0 spiro atoms. The van der Waals surface area contributed by atoms with Crippen molar-refractivity contribution in [3.63, 3.8) is 0 Å². The number of sulfone groups is 1. The topological polar surface area (TPSA) is 70.6 Å². The summed E-state index contributed by atoms with van der Waals surface area (Å²) in [7, 11) is -1.39. The Morgan fingerprint density at radius 1 is 0.818 bits per heavy atom. The third kappa shape index (κ3) is 8.47. The van der Waals surface area contributed by atoms with E-state index in [0.29, 0.717) is 17.4 Å². The molecule has 0 heterocycles. The van der Waals surface area contributed by atoms with Gasteiger partial charge in [-0.1, -0.05) is 72.8 Å². The van der Waals surface area contributed by atoms with Crippen molar-refractivity contribution in [2.75, 3.05) is 26.4 Å². The lowest BCUT2D eigenvalue weighted by atomic mass is 9.88. The largest absolute Gasteiger partial charge is 0.356 e. The summed E-state index contributed by atoms with van der Waals surface area (Å²) in [6.07, 6.45) is 2.95. The van der Waals surface area contributed by atoms with Crippen LogP contribution in [0.25, 0.3) is 0 Å². The van der Waals surface area contributed by atoms with E-state index in [2.05, 4.69) is 64.2 Å². The van der Waals surface area contributed by atoms with Crippen molar-refractivity contribution < 1.29 is 8.42 Å². The third-order valence-electron chi connectivity index (χ3n) is 5.41. The highest BCUT2D eigenvalue weighted by Gasteiger charge is 2.13. The number of guanidine groups is 1. The first-order valence-electron chi connectivity index (χ1n) is 10.8. The minimum absolute atomic E-state index is 0. The summed E-state index contributed by atoms with van der Waals surface area (Å²) in [4.78, 5) is 4.67. The zero-order valence-electron chi connectivity index (χ0n) is 19.1. The summed E-state index contributed by atoms with van der Waals surface area (Å²) < 4.78 is 23.2. The van der Waals surface area contributed by atoms with Crippen LogP contribution in [0.2, 0.25) is 0 Å². The normalized spacial score (nSPS) is 11.7. The maximum Gasteiger partial charge on any atom is 0.190 e. The zero-order valence-corrected chi connectivity index (χ0v) is 22.2. The van der Waals surface area contributed by atoms with Gasteiger partial charge in [0.25, 0.3) is 0 Å². The lowest BCUT2D eigenvalue weighted by Gasteiger charge is -2.19. The number of nitrogens with zero attached hydrogens (tertiary/aromatic N) is 1. The molecule has 0 aliphatic rings. The molecule has 33 heavy (non-hydrogen) atoms. The Morgan fingerprint density at radius 3 is 1.82 bits per heavy atom. The van der Waals surface area contributed by atoms with Gasteiger partial charge in [0, 0.05) is 32.3 Å². The molecular weight excluding hydrogens is 545 g/mol. The van der Waals surface area contributed by atoms with Gasteiger partial charge in [-0.25, -0.2) is 8.42 Å². The number of benzene rings is 3. The summed E-state index contributed by atoms with van der Waals surface area (Å²) in [5.74, 6) is 1.08. The van der Waals surface area contributed by atoms with Gasteiger partial charge in [-0.15, -0.1) is 24.0 Å². The van der Waals surface area contributed by atoms with E-state index in [1.165, 1.54) is 17.4 Å². The Morgan fingerprint density at radius 2 is 1.33 bits per heavy atom. The van der Waals surface area contributed by atoms with Gasteiger partial charge < -0.3 is 10.6 Å². The molecule has 0 radical (unpaired) electrons. The SMILES string of the molecule is CN=C(NCCc1ccc(S(C)(=O)=O)cc1)NCCC(c1ccccc1)c1ccccc1.I. The number of rotatable bonds is 9. The van der Waals surface area contributed by atoms with Gasteiger partial charge in [0.2, 0.25) is 0 Å². The van der Waals surface area contributed by atoms with Gasteiger partial charge in [-0.2, -0.15) is 0 Å². The van der Waals surface area contributed by atoms with E-state index in [9.17, 15) is 8.42 Å². The fourth-order valence-electron chi connectivity index (χ4n) is 3.68. The van der Waals surface area contributed by atoms with Gasteiger partial charge in [0.05, 0.1) is 4.90 Å². The van der Waals surface area contributed by atoms with Crippen molar-refractivity contribution in [2.45, 2.75) is 23.7 Å². The van der Waals surface area contributed by atoms with Crippen molar-refractivity contribution in [3.05, 3.63) is 102 Å². The fraction of sp³-hybridized carbons (Fsp3) is 0.269. The maximum absolute atomic E-state index is 11.6. The van der Waals surface area contributed by atoms with Crippen LogP contribution in [0, 0.1) is 0 Å². The van der Waals surface area contributed by atoms with Gasteiger partial charge in [0.1, 0.15) is 0 Å². The molecule has 3 rings (SSSR count). The predicted molar refractivity (Wildman–Crippen MR) is 147 cm³/mol. The second-order valence-electron chi connectivity index (χ2n) is 7.75. The van der Waals surface area contributed by atoms with E-state index in [-0.39, 0.29) is 24.0 Å². The minimum Gasteiger partial charge on any atom is -0.356 e. The molecular formula is C26H32IN3O2S. The molecule has 0 fully saturated rings. The Kier molecular flexibility index (Phi) is 10.9. The Labute approximate surface area is 214 Å². The molecule has 7 heteroatoms. The number of nitrogens with one attached hydrogen (secondary N) is 2. The minimum atomic E-state index is -3.16. The molecule has 0 aromatic heterocycles. The molecule has 3 aromatic carbocycles. The van der Waals surface area contributed by atoms with Crippen molar-refractivity contribution in [1.29, 1.82) is 0 Å². The first-order chi connectivity index (χ1) is 15.5. The molecule has 0 unspecified atom stereocenters. The van der Waals surface area contributed by atoms with Gasteiger partial charge >= 0.3 is 0 Å². The summed E-state index contributed by atoms with van der Waals surface area (Å²) in [6, 6.07) is 28.2. The van der Waals surface area contributed by atoms with Crippen LogP contribution in [0.3, 0.4) is 0 Å². The first kappa shape index (κ1) is 26.9. The van der Waals surface area contributed by atoms with Crippen LogP contribution in [0.1, 0.15) is 29.0 Å². The van der Waals surface area contributed by atoms with Gasteiger partial charge in [-0.3, -0.25) is 4.99 Å². The lowest BCUT2D eigenvalue weighted by molar-refractivity contribution is 0.602. The maximum atomic E-state index is 11.6. The molecule has 176 valence electrons. The summed E-state index contributed by atoms with van der Waals surface area (Å²) in [5.41, 5.74) is 3.69. The molecule has 2 N–H and O–H groups in total. The summed E-state index contributed by atoms with van der Waals surface area (Å²) in [5, 5.41) is 6.75. The third-order valence-corrected chi connectivity index (χ3v) is 6.54. The molecule has 0 atom stereocenters. The zero-order chi connectivity index (χ0) is 22.8. The van der Waals surface area contributed by atoms with Crippen LogP contribution in [-0.2, 0) is 16.3 Å². The molecule has 0 saturated heterocycles. The van der Waals surface area contributed by atoms with Crippen molar-refractivity contribution in [1.82, 2.24) is 10.6 Å². The average Bonchev–Trinajstić information content (AvgIpc) is 2.81. The molecule has 0 bridgehead atoms. The quantitative estimate of drug-likeness (QED) is 0.221. The molecule has 5 nitrogen and oxygen atoms in total. The van der Waals surface area contributed by atoms with E-state index in [1.54, 1.807) is 19.2 Å². The second kappa shape index (κ2) is 13.3. The van der Waals surface area contributed by atoms with E-state index >= 15 is 0 Å². The molecule has 0 aliphatic heterocycles. The molecule has 0 aliphatic carbocycles.